The first kappa shape index (κ1) is 14.1. The number of rotatable bonds is 1. The molecular weight excluding hydrogens is 262 g/mol. The maximum atomic E-state index is 12.6. The van der Waals surface area contributed by atoms with Gasteiger partial charge in [0.1, 0.15) is 5.15 Å². The number of carbonyl (C=O) groups is 1. The van der Waals surface area contributed by atoms with Crippen LogP contribution in [-0.2, 0) is 0 Å². The number of likely N-dealkylation sites (tertiary alicyclic amines) is 1. The number of piperidine rings is 1. The van der Waals surface area contributed by atoms with Gasteiger partial charge in [0.05, 0.1) is 17.4 Å². The van der Waals surface area contributed by atoms with Crippen molar-refractivity contribution in [3.05, 3.63) is 23.0 Å². The average Bonchev–Trinajstić information content (AvgIpc) is 2.36. The minimum Gasteiger partial charge on any atom is -0.397 e. The molecule has 0 saturated carbocycles. The molecule has 5 heteroatoms. The fourth-order valence-electron chi connectivity index (χ4n) is 2.75. The molecule has 3 unspecified atom stereocenters. The second-order valence-electron chi connectivity index (χ2n) is 5.62. The molecule has 3 atom stereocenters. The summed E-state index contributed by atoms with van der Waals surface area (Å²) >= 11 is 6.02. The zero-order valence-corrected chi connectivity index (χ0v) is 12.3. The molecule has 1 aromatic rings. The zero-order valence-electron chi connectivity index (χ0n) is 11.6. The summed E-state index contributed by atoms with van der Waals surface area (Å²) in [5.41, 5.74) is 6.55. The van der Waals surface area contributed by atoms with Gasteiger partial charge in [0.15, 0.2) is 0 Å². The summed E-state index contributed by atoms with van der Waals surface area (Å²) in [6, 6.07) is 1.81. The number of nitrogens with zero attached hydrogens (tertiary/aromatic N) is 2. The highest BCUT2D eigenvalue weighted by atomic mass is 35.5. The predicted molar refractivity (Wildman–Crippen MR) is 77.1 cm³/mol. The van der Waals surface area contributed by atoms with Crippen LogP contribution in [0.15, 0.2) is 12.3 Å². The van der Waals surface area contributed by atoms with E-state index in [9.17, 15) is 4.79 Å². The van der Waals surface area contributed by atoms with Crippen molar-refractivity contribution in [2.45, 2.75) is 33.2 Å². The van der Waals surface area contributed by atoms with Gasteiger partial charge in [0.2, 0.25) is 0 Å². The molecule has 1 fully saturated rings. The molecule has 2 heterocycles. The lowest BCUT2D eigenvalue weighted by Gasteiger charge is -2.41. The number of anilines is 1. The molecule has 2 N–H and O–H groups in total. The molecule has 0 aromatic carbocycles. The summed E-state index contributed by atoms with van der Waals surface area (Å²) in [4.78, 5) is 18.5. The summed E-state index contributed by atoms with van der Waals surface area (Å²) < 4.78 is 0. The van der Waals surface area contributed by atoms with Gasteiger partial charge >= 0.3 is 0 Å². The van der Waals surface area contributed by atoms with E-state index in [0.717, 1.165) is 13.0 Å². The van der Waals surface area contributed by atoms with E-state index < -0.39 is 0 Å². The fraction of sp³-hybridized carbons (Fsp3) is 0.571. The van der Waals surface area contributed by atoms with E-state index >= 15 is 0 Å². The smallest absolute Gasteiger partial charge is 0.257 e. The van der Waals surface area contributed by atoms with Crippen LogP contribution in [0.4, 0.5) is 5.69 Å². The standard InChI is InChI=1S/C14H20ClN3O/c1-8-4-9(2)10(3)18(7-8)14(19)12-5-11(16)6-17-13(12)15/h5-6,8-10H,4,7,16H2,1-3H3. The van der Waals surface area contributed by atoms with Gasteiger partial charge in [-0.05, 0) is 31.2 Å². The summed E-state index contributed by atoms with van der Waals surface area (Å²) in [5.74, 6) is 0.916. The van der Waals surface area contributed by atoms with Crippen molar-refractivity contribution in [1.82, 2.24) is 9.88 Å². The van der Waals surface area contributed by atoms with Crippen molar-refractivity contribution in [3.8, 4) is 0 Å². The van der Waals surface area contributed by atoms with Crippen LogP contribution < -0.4 is 5.73 Å². The van der Waals surface area contributed by atoms with Crippen LogP contribution in [0.1, 0.15) is 37.6 Å². The van der Waals surface area contributed by atoms with Gasteiger partial charge in [-0.1, -0.05) is 25.4 Å². The summed E-state index contributed by atoms with van der Waals surface area (Å²) in [5, 5.41) is 0.220. The molecule has 0 radical (unpaired) electrons. The quantitative estimate of drug-likeness (QED) is 0.805. The molecule has 19 heavy (non-hydrogen) atoms. The Morgan fingerprint density at radius 1 is 1.47 bits per heavy atom. The molecule has 1 aromatic heterocycles. The molecule has 2 rings (SSSR count). The maximum absolute atomic E-state index is 12.6. The summed E-state index contributed by atoms with van der Waals surface area (Å²) in [6.45, 7) is 7.19. The van der Waals surface area contributed by atoms with Crippen LogP contribution in [0.2, 0.25) is 5.15 Å². The number of carbonyl (C=O) groups excluding carboxylic acids is 1. The molecule has 0 spiro atoms. The minimum atomic E-state index is -0.0734. The van der Waals surface area contributed by atoms with Crippen LogP contribution in [0.3, 0.4) is 0 Å². The second-order valence-corrected chi connectivity index (χ2v) is 5.98. The molecule has 0 bridgehead atoms. The Labute approximate surface area is 118 Å². The number of aromatic nitrogens is 1. The first-order chi connectivity index (χ1) is 8.90. The van der Waals surface area contributed by atoms with E-state index in [0.29, 0.717) is 23.1 Å². The van der Waals surface area contributed by atoms with Crippen molar-refractivity contribution in [2.75, 3.05) is 12.3 Å². The molecule has 1 amide bonds. The Hall–Kier alpha value is -1.29. The van der Waals surface area contributed by atoms with Crippen LogP contribution >= 0.6 is 11.6 Å². The van der Waals surface area contributed by atoms with Gasteiger partial charge in [-0.3, -0.25) is 4.79 Å². The predicted octanol–water partition coefficient (Wildman–Crippen LogP) is 2.82. The van der Waals surface area contributed by atoms with Crippen LogP contribution in [0.25, 0.3) is 0 Å². The number of pyridine rings is 1. The van der Waals surface area contributed by atoms with Crippen LogP contribution in [0, 0.1) is 11.8 Å². The normalized spacial score (nSPS) is 27.4. The van der Waals surface area contributed by atoms with E-state index in [-0.39, 0.29) is 17.1 Å². The Balaban J connectivity index is 2.30. The Kier molecular flexibility index (Phi) is 3.99. The lowest BCUT2D eigenvalue weighted by Crippen LogP contribution is -2.49. The first-order valence-corrected chi connectivity index (χ1v) is 7.00. The molecular formula is C14H20ClN3O. The monoisotopic (exact) mass is 281 g/mol. The van der Waals surface area contributed by atoms with E-state index in [1.165, 1.54) is 6.20 Å². The second kappa shape index (κ2) is 5.37. The van der Waals surface area contributed by atoms with Gasteiger partial charge in [-0.15, -0.1) is 0 Å². The average molecular weight is 282 g/mol. The van der Waals surface area contributed by atoms with Crippen molar-refractivity contribution in [3.63, 3.8) is 0 Å². The maximum Gasteiger partial charge on any atom is 0.257 e. The van der Waals surface area contributed by atoms with E-state index in [1.54, 1.807) is 6.07 Å². The third-order valence-corrected chi connectivity index (χ3v) is 4.25. The van der Waals surface area contributed by atoms with E-state index in [2.05, 4.69) is 25.8 Å². The SMILES string of the molecule is CC1CC(C)C(C)N(C(=O)c2cc(N)cnc2Cl)C1. The van der Waals surface area contributed by atoms with E-state index in [1.807, 2.05) is 4.90 Å². The minimum absolute atomic E-state index is 0.0734. The van der Waals surface area contributed by atoms with Gasteiger partial charge in [0.25, 0.3) is 5.91 Å². The topological polar surface area (TPSA) is 59.2 Å². The van der Waals surface area contributed by atoms with E-state index in [4.69, 9.17) is 17.3 Å². The number of hydrogen-bond acceptors (Lipinski definition) is 3. The van der Waals surface area contributed by atoms with Crippen molar-refractivity contribution < 1.29 is 4.79 Å². The van der Waals surface area contributed by atoms with Crippen LogP contribution in [-0.4, -0.2) is 28.4 Å². The van der Waals surface area contributed by atoms with Gasteiger partial charge in [0, 0.05) is 12.6 Å². The molecule has 1 aliphatic rings. The van der Waals surface area contributed by atoms with Gasteiger partial charge in [-0.25, -0.2) is 4.98 Å². The highest BCUT2D eigenvalue weighted by Crippen LogP contribution is 2.29. The van der Waals surface area contributed by atoms with Crippen LogP contribution in [0.5, 0.6) is 0 Å². The molecule has 0 aliphatic carbocycles. The third kappa shape index (κ3) is 2.84. The summed E-state index contributed by atoms with van der Waals surface area (Å²) in [6.07, 6.45) is 2.61. The zero-order chi connectivity index (χ0) is 14.2. The number of amides is 1. The molecule has 1 aliphatic heterocycles. The highest BCUT2D eigenvalue weighted by molar-refractivity contribution is 6.32. The first-order valence-electron chi connectivity index (χ1n) is 6.62. The molecule has 104 valence electrons. The number of nitrogens with two attached hydrogens (primary N) is 1. The number of hydrogen-bond donors (Lipinski definition) is 1. The number of nitrogen functional groups attached to an aromatic ring is 1. The Morgan fingerprint density at radius 3 is 2.84 bits per heavy atom. The Bertz CT molecular complexity index is 492. The van der Waals surface area contributed by atoms with Gasteiger partial charge < -0.3 is 10.6 Å². The molecule has 4 nitrogen and oxygen atoms in total. The third-order valence-electron chi connectivity index (χ3n) is 3.95. The van der Waals surface area contributed by atoms with Crippen molar-refractivity contribution >= 4 is 23.2 Å². The number of halogens is 1. The Morgan fingerprint density at radius 2 is 2.16 bits per heavy atom. The lowest BCUT2D eigenvalue weighted by molar-refractivity contribution is 0.0455. The summed E-state index contributed by atoms with van der Waals surface area (Å²) in [7, 11) is 0. The van der Waals surface area contributed by atoms with Crippen molar-refractivity contribution in [2.24, 2.45) is 11.8 Å². The van der Waals surface area contributed by atoms with Gasteiger partial charge in [-0.2, -0.15) is 0 Å². The highest BCUT2D eigenvalue weighted by Gasteiger charge is 2.33. The van der Waals surface area contributed by atoms with Crippen molar-refractivity contribution in [1.29, 1.82) is 0 Å². The lowest BCUT2D eigenvalue weighted by atomic mass is 9.85. The largest absolute Gasteiger partial charge is 0.397 e. The molecule has 1 saturated heterocycles. The fourth-order valence-corrected chi connectivity index (χ4v) is 2.94.